The molecule has 162 valence electrons. The van der Waals surface area contributed by atoms with Gasteiger partial charge >= 0.3 is 5.97 Å². The van der Waals surface area contributed by atoms with Crippen LogP contribution in [0.5, 0.6) is 5.75 Å². The van der Waals surface area contributed by atoms with Crippen molar-refractivity contribution in [3.63, 3.8) is 0 Å². The van der Waals surface area contributed by atoms with E-state index in [9.17, 15) is 10.1 Å². The molecule has 0 N–H and O–H groups in total. The third kappa shape index (κ3) is 4.97. The van der Waals surface area contributed by atoms with Gasteiger partial charge in [-0.15, -0.1) is 0 Å². The van der Waals surface area contributed by atoms with Crippen molar-refractivity contribution in [2.75, 3.05) is 6.61 Å². The van der Waals surface area contributed by atoms with Crippen LogP contribution in [0.2, 0.25) is 0 Å². The smallest absolute Gasteiger partial charge is 0.306 e. The molecule has 0 bridgehead atoms. The minimum atomic E-state index is -0.281. The summed E-state index contributed by atoms with van der Waals surface area (Å²) in [6, 6.07) is 22.3. The van der Waals surface area contributed by atoms with Crippen molar-refractivity contribution in [3.8, 4) is 23.1 Å². The van der Waals surface area contributed by atoms with Crippen LogP contribution in [-0.2, 0) is 28.0 Å². The summed E-state index contributed by atoms with van der Waals surface area (Å²) < 4.78 is 11.0. The molecular weight excluding hydrogens is 400 g/mol. The Morgan fingerprint density at radius 1 is 1.09 bits per heavy atom. The van der Waals surface area contributed by atoms with Crippen LogP contribution in [0.4, 0.5) is 0 Å². The maximum Gasteiger partial charge on any atom is 0.306 e. The molecule has 1 aliphatic carbocycles. The highest BCUT2D eigenvalue weighted by Crippen LogP contribution is 2.47. The molecule has 2 aromatic carbocycles. The van der Waals surface area contributed by atoms with Crippen LogP contribution >= 0.6 is 0 Å². The third-order valence-electron chi connectivity index (χ3n) is 5.81. The molecule has 32 heavy (non-hydrogen) atoms. The van der Waals surface area contributed by atoms with Crippen molar-refractivity contribution in [2.24, 2.45) is 0 Å². The summed E-state index contributed by atoms with van der Waals surface area (Å²) in [4.78, 5) is 16.1. The fraction of sp³-hybridized carbons (Fsp3) is 0.296. The fourth-order valence-electron chi connectivity index (χ4n) is 3.75. The van der Waals surface area contributed by atoms with E-state index in [0.717, 1.165) is 46.5 Å². The number of pyridine rings is 1. The molecule has 0 aliphatic heterocycles. The van der Waals surface area contributed by atoms with Crippen molar-refractivity contribution < 1.29 is 14.3 Å². The number of benzene rings is 2. The predicted octanol–water partition coefficient (Wildman–Crippen LogP) is 5.38. The lowest BCUT2D eigenvalue weighted by atomic mass is 9.95. The summed E-state index contributed by atoms with van der Waals surface area (Å²) in [5.74, 6) is 0.588. The molecule has 1 heterocycles. The Labute approximate surface area is 188 Å². The first-order valence-electron chi connectivity index (χ1n) is 11.0. The molecule has 3 aromatic rings. The van der Waals surface area contributed by atoms with E-state index in [1.54, 1.807) is 6.20 Å². The first-order valence-corrected chi connectivity index (χ1v) is 11.0. The second-order valence-electron chi connectivity index (χ2n) is 8.02. The number of hydrogen-bond acceptors (Lipinski definition) is 5. The summed E-state index contributed by atoms with van der Waals surface area (Å²) in [7, 11) is 0. The fourth-order valence-corrected chi connectivity index (χ4v) is 3.75. The molecule has 0 unspecified atom stereocenters. The van der Waals surface area contributed by atoms with Gasteiger partial charge in [-0.1, -0.05) is 42.5 Å². The second kappa shape index (κ2) is 9.65. The quantitative estimate of drug-likeness (QED) is 0.430. The second-order valence-corrected chi connectivity index (χ2v) is 8.02. The highest BCUT2D eigenvalue weighted by molar-refractivity contribution is 5.69. The van der Waals surface area contributed by atoms with Gasteiger partial charge in [0, 0.05) is 23.7 Å². The van der Waals surface area contributed by atoms with Crippen LogP contribution < -0.4 is 4.74 Å². The molecule has 5 heteroatoms. The van der Waals surface area contributed by atoms with Crippen molar-refractivity contribution in [3.05, 3.63) is 83.6 Å². The molecule has 0 atom stereocenters. The standard InChI is InChI=1S/C27H26N2O3/c1-2-31-25(30)14-7-20-5-12-24(13-6-20)32-18-22-4-3-17-29-26(22)21-8-10-23(11-9-21)27(19-28)15-16-27/h3-6,8-13,17H,2,7,14-16,18H2,1H3. The van der Waals surface area contributed by atoms with Crippen molar-refractivity contribution >= 4 is 5.97 Å². The maximum absolute atomic E-state index is 11.5. The van der Waals surface area contributed by atoms with Crippen LogP contribution in [0.25, 0.3) is 11.3 Å². The number of esters is 1. The van der Waals surface area contributed by atoms with Gasteiger partial charge in [-0.05, 0) is 55.5 Å². The van der Waals surface area contributed by atoms with Gasteiger partial charge in [0.2, 0.25) is 0 Å². The molecule has 1 fully saturated rings. The van der Waals surface area contributed by atoms with Crippen molar-refractivity contribution in [1.29, 1.82) is 5.26 Å². The molecule has 5 nitrogen and oxygen atoms in total. The predicted molar refractivity (Wildman–Crippen MR) is 122 cm³/mol. The van der Waals surface area contributed by atoms with Gasteiger partial charge in [-0.25, -0.2) is 0 Å². The number of carbonyl (C=O) groups is 1. The Kier molecular flexibility index (Phi) is 6.51. The summed E-state index contributed by atoms with van der Waals surface area (Å²) in [6.07, 6.45) is 4.68. The number of rotatable bonds is 9. The first kappa shape index (κ1) is 21.6. The molecule has 0 amide bonds. The van der Waals surface area contributed by atoms with Gasteiger partial charge in [0.25, 0.3) is 0 Å². The van der Waals surface area contributed by atoms with Gasteiger partial charge in [-0.2, -0.15) is 5.26 Å². The zero-order valence-corrected chi connectivity index (χ0v) is 18.2. The Hall–Kier alpha value is -3.65. The monoisotopic (exact) mass is 426 g/mol. The van der Waals surface area contributed by atoms with Gasteiger partial charge in [0.15, 0.2) is 0 Å². The lowest BCUT2D eigenvalue weighted by Gasteiger charge is -2.12. The van der Waals surface area contributed by atoms with Gasteiger partial charge < -0.3 is 9.47 Å². The Bertz CT molecular complexity index is 1110. The Morgan fingerprint density at radius 3 is 2.50 bits per heavy atom. The number of ether oxygens (including phenoxy) is 2. The van der Waals surface area contributed by atoms with E-state index in [0.29, 0.717) is 26.1 Å². The topological polar surface area (TPSA) is 72.2 Å². The molecule has 0 radical (unpaired) electrons. The summed E-state index contributed by atoms with van der Waals surface area (Å²) in [5.41, 5.74) is 4.76. The number of aromatic nitrogens is 1. The minimum absolute atomic E-state index is 0.176. The lowest BCUT2D eigenvalue weighted by Crippen LogP contribution is -2.05. The average molecular weight is 427 g/mol. The van der Waals surface area contributed by atoms with E-state index in [1.165, 1.54) is 0 Å². The van der Waals surface area contributed by atoms with E-state index in [-0.39, 0.29) is 11.4 Å². The summed E-state index contributed by atoms with van der Waals surface area (Å²) in [5, 5.41) is 9.41. The highest BCUT2D eigenvalue weighted by Gasteiger charge is 2.44. The normalized spacial score (nSPS) is 13.8. The minimum Gasteiger partial charge on any atom is -0.489 e. The van der Waals surface area contributed by atoms with Crippen LogP contribution in [0.3, 0.4) is 0 Å². The largest absolute Gasteiger partial charge is 0.489 e. The molecule has 0 spiro atoms. The van der Waals surface area contributed by atoms with Crippen LogP contribution in [0, 0.1) is 11.3 Å². The first-order chi connectivity index (χ1) is 15.6. The molecule has 0 saturated heterocycles. The van der Waals surface area contributed by atoms with Crippen LogP contribution in [-0.4, -0.2) is 17.6 Å². The maximum atomic E-state index is 11.5. The zero-order valence-electron chi connectivity index (χ0n) is 18.2. The summed E-state index contributed by atoms with van der Waals surface area (Å²) in [6.45, 7) is 2.62. The highest BCUT2D eigenvalue weighted by atomic mass is 16.5. The molecule has 4 rings (SSSR count). The SMILES string of the molecule is CCOC(=O)CCc1ccc(OCc2cccnc2-c2ccc(C3(C#N)CC3)cc2)cc1. The van der Waals surface area contributed by atoms with Crippen molar-refractivity contribution in [2.45, 2.75) is 44.6 Å². The van der Waals surface area contributed by atoms with Gasteiger partial charge in [0.1, 0.15) is 12.4 Å². The number of hydrogen-bond donors (Lipinski definition) is 0. The third-order valence-corrected chi connectivity index (χ3v) is 5.81. The average Bonchev–Trinajstić information content (AvgIpc) is 3.64. The van der Waals surface area contributed by atoms with Crippen molar-refractivity contribution in [1.82, 2.24) is 4.98 Å². The van der Waals surface area contributed by atoms with Crippen LogP contribution in [0.1, 0.15) is 42.9 Å². The van der Waals surface area contributed by atoms with E-state index in [2.05, 4.69) is 11.1 Å². The van der Waals surface area contributed by atoms with E-state index < -0.39 is 0 Å². The lowest BCUT2D eigenvalue weighted by molar-refractivity contribution is -0.143. The number of nitriles is 1. The van der Waals surface area contributed by atoms with Gasteiger partial charge in [0.05, 0.1) is 23.8 Å². The van der Waals surface area contributed by atoms with Gasteiger partial charge in [-0.3, -0.25) is 9.78 Å². The van der Waals surface area contributed by atoms with E-state index >= 15 is 0 Å². The van der Waals surface area contributed by atoms with Crippen LogP contribution in [0.15, 0.2) is 66.9 Å². The number of carbonyl (C=O) groups excluding carboxylic acids is 1. The molecule has 1 aliphatic rings. The number of nitrogens with zero attached hydrogens (tertiary/aromatic N) is 2. The Balaban J connectivity index is 1.40. The molecule has 1 saturated carbocycles. The summed E-state index contributed by atoms with van der Waals surface area (Å²) >= 11 is 0. The molecular formula is C27H26N2O3. The number of aryl methyl sites for hydroxylation is 1. The van der Waals surface area contributed by atoms with E-state index in [4.69, 9.17) is 9.47 Å². The van der Waals surface area contributed by atoms with E-state index in [1.807, 2.05) is 67.6 Å². The zero-order chi connectivity index (χ0) is 22.4. The molecule has 1 aromatic heterocycles. The Morgan fingerprint density at radius 2 is 1.84 bits per heavy atom.